The number of ether oxygens (including phenoxy) is 1. The molecule has 10 aromatic rings. The summed E-state index contributed by atoms with van der Waals surface area (Å²) in [6.45, 7) is 27.4. The molecular weight excluding hydrogens is 1070 g/mol. The second-order valence-electron chi connectivity index (χ2n) is 23.1. The van der Waals surface area contributed by atoms with E-state index in [-0.39, 0.29) is 48.1 Å². The fourth-order valence-electron chi connectivity index (χ4n) is 10.1. The van der Waals surface area contributed by atoms with Gasteiger partial charge in [0.25, 0.3) is 6.33 Å². The molecule has 0 spiro atoms. The van der Waals surface area contributed by atoms with Crippen molar-refractivity contribution in [1.82, 2.24) is 14.1 Å². The molecule has 0 atom stereocenters. The Balaban J connectivity index is 0.00000656. The molecule has 0 saturated carbocycles. The molecule has 0 aliphatic heterocycles. The normalized spacial score (nSPS) is 12.5. The molecule has 0 saturated heterocycles. The molecule has 0 radical (unpaired) electrons. The summed E-state index contributed by atoms with van der Waals surface area (Å²) in [7, 11) is 0. The van der Waals surface area contributed by atoms with Crippen molar-refractivity contribution < 1.29 is 30.4 Å². The summed E-state index contributed by atoms with van der Waals surface area (Å²) in [5, 5.41) is 2.24. The van der Waals surface area contributed by atoms with Crippen LogP contribution in [0.3, 0.4) is 0 Å². The Morgan fingerprint density at radius 2 is 1.03 bits per heavy atom. The van der Waals surface area contributed by atoms with Crippen LogP contribution in [0.2, 0.25) is 0 Å². The minimum absolute atomic E-state index is 0. The number of benzene rings is 7. The number of aromatic nitrogens is 4. The summed E-state index contributed by atoms with van der Waals surface area (Å²) < 4.78 is 13.3. The van der Waals surface area contributed by atoms with E-state index in [4.69, 9.17) is 9.72 Å². The molecular formula is C67H66N4OPt-2. The van der Waals surface area contributed by atoms with Crippen LogP contribution in [0.15, 0.2) is 182 Å². The Morgan fingerprint density at radius 1 is 0.466 bits per heavy atom. The number of hydrogen-bond donors (Lipinski definition) is 0. The molecule has 0 unspecified atom stereocenters. The van der Waals surface area contributed by atoms with E-state index >= 15 is 0 Å². The van der Waals surface area contributed by atoms with E-state index in [1.54, 1.807) is 0 Å². The SMILES string of the molecule is CC(C)(C)c1ccc2c(c1)c1ccc(Oc3[c-]c(-n4[c-][n+](-c5cc(C(C)(C)c6ccccc6)cc(C(C)(C)c6ccccc6)c5)c(C(C)(C)C)c4)ccc3)[c-]c1n2-c1cc(C(C)(C)c2ccccc2)ccn1.[Pt]. The summed E-state index contributed by atoms with van der Waals surface area (Å²) in [6, 6.07) is 68.1. The Labute approximate surface area is 447 Å². The monoisotopic (exact) mass is 1140 g/mol. The van der Waals surface area contributed by atoms with E-state index in [2.05, 4.69) is 273 Å². The van der Waals surface area contributed by atoms with E-state index in [1.165, 1.54) is 38.9 Å². The van der Waals surface area contributed by atoms with Crippen molar-refractivity contribution in [3.05, 3.63) is 245 Å². The van der Waals surface area contributed by atoms with Crippen LogP contribution >= 0.6 is 0 Å². The Morgan fingerprint density at radius 3 is 1.59 bits per heavy atom. The number of hydrogen-bond acceptors (Lipinski definition) is 2. The molecule has 0 aliphatic carbocycles. The van der Waals surface area contributed by atoms with Crippen LogP contribution in [-0.4, -0.2) is 14.1 Å². The van der Waals surface area contributed by atoms with E-state index < -0.39 is 0 Å². The van der Waals surface area contributed by atoms with Crippen molar-refractivity contribution in [2.75, 3.05) is 0 Å². The first-order valence-corrected chi connectivity index (χ1v) is 25.3. The molecule has 10 rings (SSSR count). The number of fused-ring (bicyclic) bond motifs is 3. The quantitative estimate of drug-likeness (QED) is 0.0956. The van der Waals surface area contributed by atoms with Crippen molar-refractivity contribution >= 4 is 21.8 Å². The van der Waals surface area contributed by atoms with Crippen LogP contribution in [0.25, 0.3) is 39.0 Å². The molecule has 0 fully saturated rings. The molecule has 3 heterocycles. The van der Waals surface area contributed by atoms with Crippen LogP contribution < -0.4 is 9.30 Å². The van der Waals surface area contributed by atoms with Crippen LogP contribution in [0.4, 0.5) is 0 Å². The fraction of sp³-hybridized carbons (Fsp3) is 0.254. The summed E-state index contributed by atoms with van der Waals surface area (Å²) in [6.07, 6.45) is 7.90. The first-order chi connectivity index (χ1) is 34.2. The fourth-order valence-corrected chi connectivity index (χ4v) is 10.1. The number of pyridine rings is 1. The number of nitrogens with zero attached hydrogens (tertiary/aromatic N) is 4. The smallest absolute Gasteiger partial charge is 0.267 e. The molecule has 372 valence electrons. The van der Waals surface area contributed by atoms with Crippen molar-refractivity contribution in [2.45, 2.75) is 110 Å². The summed E-state index contributed by atoms with van der Waals surface area (Å²) >= 11 is 0. The molecule has 0 N–H and O–H groups in total. The maximum atomic E-state index is 6.75. The zero-order valence-electron chi connectivity index (χ0n) is 44.3. The van der Waals surface area contributed by atoms with Gasteiger partial charge in [-0.3, -0.25) is 4.57 Å². The maximum absolute atomic E-state index is 6.75. The standard InChI is InChI=1S/C67H66N4O.Pt/c1-63(2,3)49-31-34-59-58(40-49)57-33-32-56(43-60(57)71(59)62-41-50(35-36-68-62)65(7,8)46-23-16-13-17-24-46)72-55-30-22-29-53(42-55)69-44-61(64(4,5)6)70(45-69)54-38-51(66(9,10)47-25-18-14-19-26-47)37-52(39-54)67(11,12)48-27-20-15-21-28-48;/h13-41,44H,1-12H3;/q-2;. The van der Waals surface area contributed by atoms with Crippen molar-refractivity contribution in [2.24, 2.45) is 0 Å². The summed E-state index contributed by atoms with van der Waals surface area (Å²) in [4.78, 5) is 5.02. The predicted octanol–water partition coefficient (Wildman–Crippen LogP) is 16.0. The Kier molecular flexibility index (Phi) is 13.5. The second kappa shape index (κ2) is 19.2. The summed E-state index contributed by atoms with van der Waals surface area (Å²) in [5.74, 6) is 2.00. The van der Waals surface area contributed by atoms with Gasteiger partial charge in [0.05, 0.1) is 11.4 Å². The molecule has 7 aromatic carbocycles. The topological polar surface area (TPSA) is 35.9 Å². The molecule has 0 bridgehead atoms. The maximum Gasteiger partial charge on any atom is 0.267 e. The molecule has 6 heteroatoms. The first-order valence-electron chi connectivity index (χ1n) is 25.3. The third kappa shape index (κ3) is 9.77. The zero-order valence-corrected chi connectivity index (χ0v) is 46.6. The average Bonchev–Trinajstić information content (AvgIpc) is 3.98. The van der Waals surface area contributed by atoms with Crippen molar-refractivity contribution in [3.8, 4) is 28.7 Å². The van der Waals surface area contributed by atoms with Gasteiger partial charge >= 0.3 is 0 Å². The van der Waals surface area contributed by atoms with E-state index in [0.29, 0.717) is 11.5 Å². The Bertz CT molecular complexity index is 3520. The van der Waals surface area contributed by atoms with Crippen molar-refractivity contribution in [1.29, 1.82) is 0 Å². The van der Waals surface area contributed by atoms with Gasteiger partial charge in [0.2, 0.25) is 0 Å². The zero-order chi connectivity index (χ0) is 50.8. The summed E-state index contributed by atoms with van der Waals surface area (Å²) in [5.41, 5.74) is 12.6. The van der Waals surface area contributed by atoms with Crippen LogP contribution in [0.5, 0.6) is 11.5 Å². The van der Waals surface area contributed by atoms with Crippen LogP contribution in [0, 0.1) is 18.5 Å². The molecule has 3 aromatic heterocycles. The minimum Gasteiger partial charge on any atom is -0.510 e. The van der Waals surface area contributed by atoms with Gasteiger partial charge < -0.3 is 13.9 Å². The Hall–Kier alpha value is -6.81. The third-order valence-electron chi connectivity index (χ3n) is 15.0. The van der Waals surface area contributed by atoms with Crippen molar-refractivity contribution in [3.63, 3.8) is 0 Å². The van der Waals surface area contributed by atoms with Gasteiger partial charge in [-0.15, -0.1) is 29.7 Å². The third-order valence-corrected chi connectivity index (χ3v) is 15.0. The van der Waals surface area contributed by atoms with Gasteiger partial charge in [-0.05, 0) is 91.2 Å². The van der Waals surface area contributed by atoms with E-state index in [9.17, 15) is 0 Å². The molecule has 73 heavy (non-hydrogen) atoms. The molecule has 5 nitrogen and oxygen atoms in total. The minimum atomic E-state index is -0.271. The first kappa shape index (κ1) is 51.1. The molecule has 0 amide bonds. The number of rotatable bonds is 11. The van der Waals surface area contributed by atoms with Crippen LogP contribution in [-0.2, 0) is 48.1 Å². The largest absolute Gasteiger partial charge is 0.510 e. The van der Waals surface area contributed by atoms with Gasteiger partial charge in [0.1, 0.15) is 5.82 Å². The van der Waals surface area contributed by atoms with E-state index in [1.807, 2.05) is 24.4 Å². The van der Waals surface area contributed by atoms with Gasteiger partial charge in [0, 0.05) is 66.7 Å². The van der Waals surface area contributed by atoms with E-state index in [0.717, 1.165) is 44.7 Å². The molecule has 0 aliphatic rings. The van der Waals surface area contributed by atoms with Gasteiger partial charge in [-0.1, -0.05) is 198 Å². The number of imidazole rings is 1. The van der Waals surface area contributed by atoms with Gasteiger partial charge in [-0.25, -0.2) is 4.98 Å². The van der Waals surface area contributed by atoms with Crippen LogP contribution in [0.1, 0.15) is 128 Å². The van der Waals surface area contributed by atoms with Gasteiger partial charge in [-0.2, -0.15) is 18.2 Å². The predicted molar refractivity (Wildman–Crippen MR) is 296 cm³/mol. The average molecular weight is 1140 g/mol. The van der Waals surface area contributed by atoms with Gasteiger partial charge in [0.15, 0.2) is 0 Å². The second-order valence-corrected chi connectivity index (χ2v) is 23.1.